The van der Waals surface area contributed by atoms with Crippen molar-refractivity contribution in [2.24, 2.45) is 7.05 Å². The lowest BCUT2D eigenvalue weighted by molar-refractivity contribution is -0.0595. The standard InChI is InChI=1S/C17H22ClN3O/c1-13-12-22-17(15-5-3-4-6-16(15)18)11-21(13)10-8-14-7-9-19-20(14)2/h3-7,9,13,17H,8,10-12H2,1-2H3/t13-,17-/m1/s1. The maximum atomic E-state index is 6.31. The van der Waals surface area contributed by atoms with Gasteiger partial charge in [-0.05, 0) is 19.1 Å². The summed E-state index contributed by atoms with van der Waals surface area (Å²) in [6.07, 6.45) is 2.90. The molecule has 0 radical (unpaired) electrons. The zero-order chi connectivity index (χ0) is 15.5. The Morgan fingerprint density at radius 2 is 2.14 bits per heavy atom. The summed E-state index contributed by atoms with van der Waals surface area (Å²) in [6, 6.07) is 10.5. The van der Waals surface area contributed by atoms with Gasteiger partial charge in [0.25, 0.3) is 0 Å². The molecule has 4 nitrogen and oxygen atoms in total. The molecule has 0 N–H and O–H groups in total. The van der Waals surface area contributed by atoms with E-state index in [1.807, 2.05) is 36.1 Å². The Hall–Kier alpha value is -1.36. The van der Waals surface area contributed by atoms with Crippen LogP contribution in [0.3, 0.4) is 0 Å². The molecule has 1 saturated heterocycles. The fourth-order valence-corrected chi connectivity index (χ4v) is 3.20. The Balaban J connectivity index is 1.66. The molecular formula is C17H22ClN3O. The van der Waals surface area contributed by atoms with Gasteiger partial charge < -0.3 is 4.74 Å². The zero-order valence-corrected chi connectivity index (χ0v) is 13.8. The smallest absolute Gasteiger partial charge is 0.0967 e. The van der Waals surface area contributed by atoms with Crippen molar-refractivity contribution in [2.45, 2.75) is 25.5 Å². The number of aryl methyl sites for hydroxylation is 1. The molecule has 0 bridgehead atoms. The molecule has 2 aromatic rings. The van der Waals surface area contributed by atoms with Gasteiger partial charge in [0.05, 0.1) is 12.7 Å². The Bertz CT molecular complexity index is 628. The normalized spacial score (nSPS) is 22.9. The maximum absolute atomic E-state index is 6.31. The van der Waals surface area contributed by atoms with Crippen molar-refractivity contribution in [1.82, 2.24) is 14.7 Å². The third kappa shape index (κ3) is 3.35. The lowest BCUT2D eigenvalue weighted by Gasteiger charge is -2.38. The van der Waals surface area contributed by atoms with Crippen LogP contribution in [-0.4, -0.2) is 40.4 Å². The summed E-state index contributed by atoms with van der Waals surface area (Å²) in [6.45, 7) is 4.83. The number of aromatic nitrogens is 2. The second kappa shape index (κ2) is 6.82. The first-order valence-corrected chi connectivity index (χ1v) is 8.10. The van der Waals surface area contributed by atoms with Crippen LogP contribution in [0.5, 0.6) is 0 Å². The Labute approximate surface area is 136 Å². The topological polar surface area (TPSA) is 30.3 Å². The minimum Gasteiger partial charge on any atom is -0.371 e. The Kier molecular flexibility index (Phi) is 4.81. The fraction of sp³-hybridized carbons (Fsp3) is 0.471. The monoisotopic (exact) mass is 319 g/mol. The van der Waals surface area contributed by atoms with Gasteiger partial charge in [-0.2, -0.15) is 5.10 Å². The Morgan fingerprint density at radius 1 is 1.32 bits per heavy atom. The second-order valence-corrected chi connectivity index (χ2v) is 6.29. The van der Waals surface area contributed by atoms with Crippen LogP contribution in [0.15, 0.2) is 36.5 Å². The van der Waals surface area contributed by atoms with Crippen LogP contribution in [0.25, 0.3) is 0 Å². The number of benzene rings is 1. The van der Waals surface area contributed by atoms with Gasteiger partial charge in [0.1, 0.15) is 0 Å². The molecule has 0 aliphatic carbocycles. The predicted molar refractivity (Wildman–Crippen MR) is 88.1 cm³/mol. The van der Waals surface area contributed by atoms with E-state index in [9.17, 15) is 0 Å². The van der Waals surface area contributed by atoms with Gasteiger partial charge in [-0.25, -0.2) is 0 Å². The van der Waals surface area contributed by atoms with E-state index in [0.717, 1.165) is 36.7 Å². The van der Waals surface area contributed by atoms with Crippen molar-refractivity contribution in [3.63, 3.8) is 0 Å². The van der Waals surface area contributed by atoms with E-state index < -0.39 is 0 Å². The van der Waals surface area contributed by atoms with Gasteiger partial charge in [-0.15, -0.1) is 0 Å². The number of nitrogens with zero attached hydrogens (tertiary/aromatic N) is 3. The lowest BCUT2D eigenvalue weighted by atomic mass is 10.1. The summed E-state index contributed by atoms with van der Waals surface area (Å²) in [5, 5.41) is 5.02. The molecule has 1 aliphatic rings. The molecule has 2 heterocycles. The minimum absolute atomic E-state index is 0.0523. The van der Waals surface area contributed by atoms with Crippen molar-refractivity contribution in [3.8, 4) is 0 Å². The maximum Gasteiger partial charge on any atom is 0.0967 e. The van der Waals surface area contributed by atoms with Gasteiger partial charge >= 0.3 is 0 Å². The number of rotatable bonds is 4. The van der Waals surface area contributed by atoms with Crippen LogP contribution in [-0.2, 0) is 18.2 Å². The highest BCUT2D eigenvalue weighted by Gasteiger charge is 2.28. The van der Waals surface area contributed by atoms with E-state index in [1.54, 1.807) is 0 Å². The van der Waals surface area contributed by atoms with Gasteiger partial charge in [0.15, 0.2) is 0 Å². The molecule has 0 amide bonds. The van der Waals surface area contributed by atoms with Crippen molar-refractivity contribution < 1.29 is 4.74 Å². The molecule has 118 valence electrons. The lowest BCUT2D eigenvalue weighted by Crippen LogP contribution is -2.46. The van der Waals surface area contributed by atoms with Gasteiger partial charge in [-0.3, -0.25) is 9.58 Å². The largest absolute Gasteiger partial charge is 0.371 e. The van der Waals surface area contributed by atoms with E-state index in [0.29, 0.717) is 6.04 Å². The average molecular weight is 320 g/mol. The predicted octanol–water partition coefficient (Wildman–Crippen LogP) is 3.08. The minimum atomic E-state index is 0.0523. The molecule has 1 aliphatic heterocycles. The quantitative estimate of drug-likeness (QED) is 0.867. The summed E-state index contributed by atoms with van der Waals surface area (Å²) >= 11 is 6.31. The van der Waals surface area contributed by atoms with Crippen LogP contribution in [0.4, 0.5) is 0 Å². The summed E-state index contributed by atoms with van der Waals surface area (Å²) in [7, 11) is 1.99. The molecule has 1 aromatic heterocycles. The van der Waals surface area contributed by atoms with Crippen molar-refractivity contribution in [3.05, 3.63) is 52.8 Å². The third-order valence-electron chi connectivity index (χ3n) is 4.39. The highest BCUT2D eigenvalue weighted by molar-refractivity contribution is 6.31. The summed E-state index contributed by atoms with van der Waals surface area (Å²) in [4.78, 5) is 2.48. The van der Waals surface area contributed by atoms with E-state index in [-0.39, 0.29) is 6.10 Å². The summed E-state index contributed by atoms with van der Waals surface area (Å²) < 4.78 is 7.95. The van der Waals surface area contributed by atoms with E-state index in [4.69, 9.17) is 16.3 Å². The number of hydrogen-bond acceptors (Lipinski definition) is 3. The summed E-state index contributed by atoms with van der Waals surface area (Å²) in [5.74, 6) is 0. The van der Waals surface area contributed by atoms with E-state index in [2.05, 4.69) is 29.1 Å². The van der Waals surface area contributed by atoms with Gasteiger partial charge in [0, 0.05) is 55.1 Å². The first-order valence-electron chi connectivity index (χ1n) is 7.72. The van der Waals surface area contributed by atoms with Crippen LogP contribution in [0.1, 0.15) is 24.3 Å². The van der Waals surface area contributed by atoms with E-state index >= 15 is 0 Å². The van der Waals surface area contributed by atoms with Crippen molar-refractivity contribution >= 4 is 11.6 Å². The second-order valence-electron chi connectivity index (χ2n) is 5.88. The highest BCUT2D eigenvalue weighted by atomic mass is 35.5. The first kappa shape index (κ1) is 15.5. The average Bonchev–Trinajstić information content (AvgIpc) is 2.92. The SMILES string of the molecule is C[C@@H]1CO[C@@H](c2ccccc2Cl)CN1CCc1ccnn1C. The molecule has 0 unspecified atom stereocenters. The first-order chi connectivity index (χ1) is 10.6. The van der Waals surface area contributed by atoms with E-state index in [1.165, 1.54) is 5.69 Å². The molecular weight excluding hydrogens is 298 g/mol. The zero-order valence-electron chi connectivity index (χ0n) is 13.1. The van der Waals surface area contributed by atoms with Crippen molar-refractivity contribution in [1.29, 1.82) is 0 Å². The van der Waals surface area contributed by atoms with Gasteiger partial charge in [0.2, 0.25) is 0 Å². The van der Waals surface area contributed by atoms with Crippen LogP contribution < -0.4 is 0 Å². The number of hydrogen-bond donors (Lipinski definition) is 0. The number of morpholine rings is 1. The fourth-order valence-electron chi connectivity index (χ4n) is 2.95. The van der Waals surface area contributed by atoms with Crippen LogP contribution in [0, 0.1) is 0 Å². The molecule has 22 heavy (non-hydrogen) atoms. The molecule has 5 heteroatoms. The molecule has 2 atom stereocenters. The summed E-state index contributed by atoms with van der Waals surface area (Å²) in [5.41, 5.74) is 2.34. The van der Waals surface area contributed by atoms with Crippen LogP contribution in [0.2, 0.25) is 5.02 Å². The molecule has 0 saturated carbocycles. The molecule has 1 fully saturated rings. The van der Waals surface area contributed by atoms with Gasteiger partial charge in [-0.1, -0.05) is 29.8 Å². The number of ether oxygens (including phenoxy) is 1. The van der Waals surface area contributed by atoms with Crippen LogP contribution >= 0.6 is 11.6 Å². The highest BCUT2D eigenvalue weighted by Crippen LogP contribution is 2.29. The molecule has 0 spiro atoms. The molecule has 1 aromatic carbocycles. The Morgan fingerprint density at radius 3 is 2.86 bits per heavy atom. The van der Waals surface area contributed by atoms with Crippen molar-refractivity contribution in [2.75, 3.05) is 19.7 Å². The number of halogens is 1. The molecule has 3 rings (SSSR count). The third-order valence-corrected chi connectivity index (χ3v) is 4.74.